The van der Waals surface area contributed by atoms with Gasteiger partial charge < -0.3 is 25.4 Å². The molecule has 0 fully saturated rings. The van der Waals surface area contributed by atoms with Gasteiger partial charge in [0.1, 0.15) is 12.2 Å². The summed E-state index contributed by atoms with van der Waals surface area (Å²) in [5.74, 6) is -2.09. The summed E-state index contributed by atoms with van der Waals surface area (Å²) in [4.78, 5) is 45.9. The number of likely N-dealkylation sites (N-methyl/N-ethyl adjacent to an activating group) is 1. The first-order valence-corrected chi connectivity index (χ1v) is 7.11. The Hall–Kier alpha value is -3.10. The molecule has 0 saturated heterocycles. The second-order valence-electron chi connectivity index (χ2n) is 4.80. The summed E-state index contributed by atoms with van der Waals surface area (Å²) in [5, 5.41) is 13.1. The quantitative estimate of drug-likeness (QED) is 0.565. The average Bonchev–Trinajstić information content (AvgIpc) is 2.53. The first-order valence-electron chi connectivity index (χ1n) is 7.11. The van der Waals surface area contributed by atoms with E-state index in [9.17, 15) is 19.2 Å². The largest absolute Gasteiger partial charge is 0.481 e. The number of aliphatic carboxylic acids is 1. The molecule has 9 heteroatoms. The number of para-hydroxylation sites is 1. The molecule has 0 bridgehead atoms. The fraction of sp³-hybridized carbons (Fsp3) is 0.333. The molecule has 0 aliphatic rings. The number of carbonyl (C=O) groups is 4. The van der Waals surface area contributed by atoms with E-state index in [4.69, 9.17) is 9.84 Å². The maximum atomic E-state index is 11.8. The summed E-state index contributed by atoms with van der Waals surface area (Å²) < 4.78 is 5.11. The summed E-state index contributed by atoms with van der Waals surface area (Å²) in [6.45, 7) is 0.0405. The Morgan fingerprint density at radius 3 is 2.38 bits per heavy atom. The monoisotopic (exact) mass is 337 g/mol. The first-order chi connectivity index (χ1) is 11.4. The van der Waals surface area contributed by atoms with E-state index in [1.807, 2.05) is 0 Å². The third kappa shape index (κ3) is 7.78. The lowest BCUT2D eigenvalue weighted by atomic mass is 10.3. The second kappa shape index (κ2) is 9.82. The molecule has 3 N–H and O–H groups in total. The third-order valence-electron chi connectivity index (χ3n) is 2.79. The topological polar surface area (TPSA) is 125 Å². The zero-order chi connectivity index (χ0) is 17.9. The zero-order valence-corrected chi connectivity index (χ0v) is 13.2. The van der Waals surface area contributed by atoms with E-state index < -0.39 is 30.3 Å². The number of carboxylic acid groups (broad SMARTS) is 1. The van der Waals surface area contributed by atoms with Crippen molar-refractivity contribution in [3.05, 3.63) is 30.3 Å². The van der Waals surface area contributed by atoms with E-state index in [0.717, 1.165) is 0 Å². The van der Waals surface area contributed by atoms with Gasteiger partial charge in [0.2, 0.25) is 11.8 Å². The highest BCUT2D eigenvalue weighted by Crippen LogP contribution is 2.09. The van der Waals surface area contributed by atoms with E-state index in [1.165, 1.54) is 11.9 Å². The Morgan fingerprint density at radius 2 is 1.75 bits per heavy atom. The first kappa shape index (κ1) is 18.9. The van der Waals surface area contributed by atoms with Crippen molar-refractivity contribution in [2.45, 2.75) is 6.42 Å². The molecule has 0 aliphatic heterocycles. The van der Waals surface area contributed by atoms with Gasteiger partial charge in [-0.25, -0.2) is 4.79 Å². The van der Waals surface area contributed by atoms with Crippen LogP contribution in [0.15, 0.2) is 30.3 Å². The number of hydrogen-bond donors (Lipinski definition) is 3. The van der Waals surface area contributed by atoms with Crippen LogP contribution in [0.4, 0.5) is 4.79 Å². The van der Waals surface area contributed by atoms with Gasteiger partial charge in [-0.3, -0.25) is 14.4 Å². The predicted molar refractivity (Wildman–Crippen MR) is 83.4 cm³/mol. The molecule has 0 spiro atoms. The van der Waals surface area contributed by atoms with Crippen molar-refractivity contribution in [1.82, 2.24) is 15.5 Å². The molecule has 0 heterocycles. The molecule has 1 aromatic carbocycles. The fourth-order valence-corrected chi connectivity index (χ4v) is 1.56. The van der Waals surface area contributed by atoms with Crippen LogP contribution in [0.3, 0.4) is 0 Å². The molecule has 0 aromatic heterocycles. The van der Waals surface area contributed by atoms with Crippen LogP contribution in [-0.4, -0.2) is 60.6 Å². The number of nitrogens with one attached hydrogen (secondary N) is 2. The van der Waals surface area contributed by atoms with Gasteiger partial charge in [-0.2, -0.15) is 0 Å². The zero-order valence-electron chi connectivity index (χ0n) is 13.2. The molecule has 1 aromatic rings. The van der Waals surface area contributed by atoms with Crippen LogP contribution in [0.2, 0.25) is 0 Å². The molecule has 24 heavy (non-hydrogen) atoms. The van der Waals surface area contributed by atoms with Crippen LogP contribution < -0.4 is 15.4 Å². The van der Waals surface area contributed by atoms with E-state index in [2.05, 4.69) is 10.6 Å². The van der Waals surface area contributed by atoms with Crippen LogP contribution in [-0.2, 0) is 14.4 Å². The number of rotatable bonds is 8. The molecular weight excluding hydrogens is 318 g/mol. The molecule has 1 rings (SSSR count). The van der Waals surface area contributed by atoms with Gasteiger partial charge in [0.25, 0.3) is 0 Å². The van der Waals surface area contributed by atoms with Crippen LogP contribution in [0, 0.1) is 0 Å². The van der Waals surface area contributed by atoms with Crippen LogP contribution in [0.5, 0.6) is 5.75 Å². The number of hydrogen-bond acceptors (Lipinski definition) is 5. The van der Waals surface area contributed by atoms with E-state index in [-0.39, 0.29) is 19.6 Å². The molecule has 0 saturated carbocycles. The second-order valence-corrected chi connectivity index (χ2v) is 4.80. The number of carboxylic acids is 1. The third-order valence-corrected chi connectivity index (χ3v) is 2.79. The number of ether oxygens (including phenoxy) is 1. The summed E-state index contributed by atoms with van der Waals surface area (Å²) in [5.41, 5.74) is 0. The van der Waals surface area contributed by atoms with Gasteiger partial charge in [0.05, 0.1) is 6.54 Å². The Kier molecular flexibility index (Phi) is 7.76. The number of amides is 3. The standard InChI is InChI=1S/C15H19N3O6/c1-18(15(23)24-11-5-3-2-4-6-11)8-7-16-13(20)10-17-12(19)9-14(21)22/h2-6H,7-10H2,1H3,(H,16,20)(H,17,19)(H,21,22). The minimum Gasteiger partial charge on any atom is -0.481 e. The Balaban J connectivity index is 2.21. The summed E-state index contributed by atoms with van der Waals surface area (Å²) >= 11 is 0. The van der Waals surface area contributed by atoms with Crippen molar-refractivity contribution in [3.63, 3.8) is 0 Å². The smallest absolute Gasteiger partial charge is 0.415 e. The lowest BCUT2D eigenvalue weighted by Gasteiger charge is -2.17. The van der Waals surface area contributed by atoms with Gasteiger partial charge in [-0.15, -0.1) is 0 Å². The summed E-state index contributed by atoms with van der Waals surface area (Å²) in [6.07, 6.45) is -1.26. The van der Waals surface area contributed by atoms with Crippen LogP contribution >= 0.6 is 0 Å². The maximum absolute atomic E-state index is 11.8. The highest BCUT2D eigenvalue weighted by Gasteiger charge is 2.12. The summed E-state index contributed by atoms with van der Waals surface area (Å²) in [6, 6.07) is 8.56. The lowest BCUT2D eigenvalue weighted by Crippen LogP contribution is -2.41. The molecule has 0 atom stereocenters. The van der Waals surface area contributed by atoms with E-state index in [0.29, 0.717) is 5.75 Å². The lowest BCUT2D eigenvalue weighted by molar-refractivity contribution is -0.141. The predicted octanol–water partition coefficient (Wildman–Crippen LogP) is -0.176. The Bertz CT molecular complexity index is 590. The normalized spacial score (nSPS) is 9.71. The number of nitrogens with zero attached hydrogens (tertiary/aromatic N) is 1. The van der Waals surface area contributed by atoms with Gasteiger partial charge in [0.15, 0.2) is 0 Å². The molecule has 0 unspecified atom stereocenters. The molecule has 3 amide bonds. The van der Waals surface area contributed by atoms with Gasteiger partial charge in [0, 0.05) is 20.1 Å². The van der Waals surface area contributed by atoms with Crippen molar-refractivity contribution < 1.29 is 29.0 Å². The van der Waals surface area contributed by atoms with Crippen molar-refractivity contribution in [2.24, 2.45) is 0 Å². The minimum absolute atomic E-state index is 0.161. The highest BCUT2D eigenvalue weighted by molar-refractivity contribution is 5.95. The molecular formula is C15H19N3O6. The molecule has 0 radical (unpaired) electrons. The molecule has 0 aliphatic carbocycles. The van der Waals surface area contributed by atoms with Gasteiger partial charge in [-0.1, -0.05) is 18.2 Å². The van der Waals surface area contributed by atoms with Crippen molar-refractivity contribution >= 4 is 23.9 Å². The number of benzene rings is 1. The SMILES string of the molecule is CN(CCNC(=O)CNC(=O)CC(=O)O)C(=O)Oc1ccccc1. The average molecular weight is 337 g/mol. The van der Waals surface area contributed by atoms with E-state index >= 15 is 0 Å². The maximum Gasteiger partial charge on any atom is 0.415 e. The Morgan fingerprint density at radius 1 is 1.08 bits per heavy atom. The van der Waals surface area contributed by atoms with Gasteiger partial charge in [-0.05, 0) is 12.1 Å². The molecule has 9 nitrogen and oxygen atoms in total. The minimum atomic E-state index is -1.27. The fourth-order valence-electron chi connectivity index (χ4n) is 1.56. The van der Waals surface area contributed by atoms with Crippen LogP contribution in [0.1, 0.15) is 6.42 Å². The van der Waals surface area contributed by atoms with Crippen molar-refractivity contribution in [3.8, 4) is 5.75 Å². The Labute approximate surface area is 138 Å². The van der Waals surface area contributed by atoms with Crippen molar-refractivity contribution in [2.75, 3.05) is 26.7 Å². The van der Waals surface area contributed by atoms with Gasteiger partial charge >= 0.3 is 12.1 Å². The summed E-state index contributed by atoms with van der Waals surface area (Å²) in [7, 11) is 1.52. The van der Waals surface area contributed by atoms with Crippen molar-refractivity contribution in [1.29, 1.82) is 0 Å². The van der Waals surface area contributed by atoms with E-state index in [1.54, 1.807) is 30.3 Å². The van der Waals surface area contributed by atoms with Crippen LogP contribution in [0.25, 0.3) is 0 Å². The number of carbonyl (C=O) groups excluding carboxylic acids is 3. The molecule has 130 valence electrons. The highest BCUT2D eigenvalue weighted by atomic mass is 16.6.